The van der Waals surface area contributed by atoms with Gasteiger partial charge in [-0.3, -0.25) is 4.90 Å². The lowest BCUT2D eigenvalue weighted by atomic mass is 9.99. The van der Waals surface area contributed by atoms with Gasteiger partial charge in [-0.2, -0.15) is 0 Å². The van der Waals surface area contributed by atoms with Crippen molar-refractivity contribution in [1.29, 1.82) is 0 Å². The predicted octanol–water partition coefficient (Wildman–Crippen LogP) is 6.04. The lowest BCUT2D eigenvalue weighted by molar-refractivity contribution is 0.209. The molecule has 0 fully saturated rings. The normalized spacial score (nSPS) is 12.0. The number of hydrogen-bond donors (Lipinski definition) is 1. The minimum Gasteiger partial charge on any atom is -0.507 e. The van der Waals surface area contributed by atoms with Crippen molar-refractivity contribution < 1.29 is 13.9 Å². The van der Waals surface area contributed by atoms with Crippen LogP contribution in [0.4, 0.5) is 0 Å². The first-order valence-electron chi connectivity index (χ1n) is 11.4. The van der Waals surface area contributed by atoms with Crippen molar-refractivity contribution in [1.82, 2.24) is 4.90 Å². The molecule has 1 N–H and O–H groups in total. The third-order valence-electron chi connectivity index (χ3n) is 5.60. The molecule has 0 saturated carbocycles. The molecule has 0 radical (unpaired) electrons. The van der Waals surface area contributed by atoms with Gasteiger partial charge in [-0.1, -0.05) is 39.3 Å². The molecule has 0 spiro atoms. The molecule has 0 saturated heterocycles. The summed E-state index contributed by atoms with van der Waals surface area (Å²) in [6.07, 6.45) is 0. The second-order valence-corrected chi connectivity index (χ2v) is 9.97. The molecule has 0 aliphatic carbocycles. The van der Waals surface area contributed by atoms with Gasteiger partial charge in [0.1, 0.15) is 16.9 Å². The van der Waals surface area contributed by atoms with Gasteiger partial charge >= 0.3 is 11.3 Å². The largest absolute Gasteiger partial charge is 0.507 e. The summed E-state index contributed by atoms with van der Waals surface area (Å²) < 4.78 is 11.1. The molecule has 34 heavy (non-hydrogen) atoms. The van der Waals surface area contributed by atoms with E-state index in [1.807, 2.05) is 0 Å². The third kappa shape index (κ3) is 5.03. The molecule has 0 unspecified atom stereocenters. The van der Waals surface area contributed by atoms with Gasteiger partial charge in [0, 0.05) is 47.1 Å². The Bertz CT molecular complexity index is 1460. The van der Waals surface area contributed by atoms with Crippen LogP contribution in [-0.2, 0) is 6.54 Å². The van der Waals surface area contributed by atoms with E-state index < -0.39 is 11.3 Å². The Labute approximate surface area is 202 Å². The molecule has 6 nitrogen and oxygen atoms in total. The molecule has 0 amide bonds. The highest BCUT2D eigenvalue weighted by Gasteiger charge is 2.20. The summed E-state index contributed by atoms with van der Waals surface area (Å²) in [6, 6.07) is 11.2. The van der Waals surface area contributed by atoms with E-state index in [0.29, 0.717) is 50.9 Å². The van der Waals surface area contributed by atoms with Gasteiger partial charge in [0.25, 0.3) is 0 Å². The standard InChI is InChI=1S/C27H28ClNO5/c1-15(2)12-29(13-16(3)4)14-22-23(30)7-6-19-20(11-25(31)34-26(19)22)21-10-17-9-18(28)5-8-24(17)33-27(21)32/h5-11,15-16,30H,12-14H2,1-4H3. The van der Waals surface area contributed by atoms with Crippen LogP contribution >= 0.6 is 11.6 Å². The maximum atomic E-state index is 12.9. The van der Waals surface area contributed by atoms with Gasteiger partial charge in [0.05, 0.1) is 11.1 Å². The molecular weight excluding hydrogens is 454 g/mol. The first-order valence-corrected chi connectivity index (χ1v) is 11.7. The fourth-order valence-corrected chi connectivity index (χ4v) is 4.57. The summed E-state index contributed by atoms with van der Waals surface area (Å²) in [5.74, 6) is 0.891. The van der Waals surface area contributed by atoms with E-state index in [1.165, 1.54) is 6.07 Å². The molecule has 4 rings (SSSR count). The Morgan fingerprint density at radius 1 is 0.912 bits per heavy atom. The maximum Gasteiger partial charge on any atom is 0.344 e. The molecule has 0 atom stereocenters. The highest BCUT2D eigenvalue weighted by Crippen LogP contribution is 2.34. The number of phenolic OH excluding ortho intramolecular Hbond substituents is 1. The van der Waals surface area contributed by atoms with Gasteiger partial charge in [-0.15, -0.1) is 0 Å². The van der Waals surface area contributed by atoms with Crippen molar-refractivity contribution >= 4 is 33.5 Å². The van der Waals surface area contributed by atoms with Crippen LogP contribution in [0.25, 0.3) is 33.1 Å². The zero-order valence-corrected chi connectivity index (χ0v) is 20.5. The number of benzene rings is 2. The van der Waals surface area contributed by atoms with Crippen LogP contribution in [0.5, 0.6) is 5.75 Å². The Morgan fingerprint density at radius 2 is 1.62 bits per heavy atom. The van der Waals surface area contributed by atoms with Crippen LogP contribution in [0.2, 0.25) is 5.02 Å². The lowest BCUT2D eigenvalue weighted by Crippen LogP contribution is -2.31. The molecule has 0 aliphatic heterocycles. The van der Waals surface area contributed by atoms with Crippen molar-refractivity contribution in [2.45, 2.75) is 34.2 Å². The fourth-order valence-electron chi connectivity index (χ4n) is 4.39. The molecule has 0 bridgehead atoms. The number of nitrogens with zero attached hydrogens (tertiary/aromatic N) is 1. The minimum atomic E-state index is -0.612. The van der Waals surface area contributed by atoms with E-state index in [2.05, 4.69) is 32.6 Å². The van der Waals surface area contributed by atoms with E-state index in [4.69, 9.17) is 20.4 Å². The summed E-state index contributed by atoms with van der Waals surface area (Å²) in [5.41, 5.74) is 0.628. The predicted molar refractivity (Wildman–Crippen MR) is 136 cm³/mol. The number of hydrogen-bond acceptors (Lipinski definition) is 6. The van der Waals surface area contributed by atoms with Crippen molar-refractivity contribution in [3.63, 3.8) is 0 Å². The summed E-state index contributed by atoms with van der Waals surface area (Å²) in [5, 5.41) is 12.4. The van der Waals surface area contributed by atoms with Gasteiger partial charge in [0.2, 0.25) is 0 Å². The smallest absolute Gasteiger partial charge is 0.344 e. The average Bonchev–Trinajstić information content (AvgIpc) is 2.74. The molecule has 2 aromatic heterocycles. The topological polar surface area (TPSA) is 83.9 Å². The van der Waals surface area contributed by atoms with Crippen LogP contribution in [0.3, 0.4) is 0 Å². The van der Waals surface area contributed by atoms with Crippen LogP contribution in [0, 0.1) is 11.8 Å². The van der Waals surface area contributed by atoms with E-state index in [1.54, 1.807) is 36.4 Å². The summed E-state index contributed by atoms with van der Waals surface area (Å²) in [7, 11) is 0. The summed E-state index contributed by atoms with van der Waals surface area (Å²) in [4.78, 5) is 27.7. The molecule has 2 aromatic carbocycles. The minimum absolute atomic E-state index is 0.0441. The van der Waals surface area contributed by atoms with Gasteiger partial charge in [0.15, 0.2) is 0 Å². The van der Waals surface area contributed by atoms with Crippen LogP contribution in [0.1, 0.15) is 33.3 Å². The molecule has 0 aliphatic rings. The Kier molecular flexibility index (Phi) is 6.82. The quantitative estimate of drug-likeness (QED) is 0.324. The highest BCUT2D eigenvalue weighted by molar-refractivity contribution is 6.31. The van der Waals surface area contributed by atoms with Crippen LogP contribution in [0.15, 0.2) is 60.9 Å². The van der Waals surface area contributed by atoms with Crippen LogP contribution < -0.4 is 11.3 Å². The Morgan fingerprint density at radius 3 is 2.29 bits per heavy atom. The van der Waals surface area contributed by atoms with Gasteiger partial charge < -0.3 is 13.9 Å². The van der Waals surface area contributed by atoms with Crippen molar-refractivity contribution in [2.75, 3.05) is 13.1 Å². The average molecular weight is 482 g/mol. The van der Waals surface area contributed by atoms with Gasteiger partial charge in [-0.05, 0) is 48.2 Å². The second-order valence-electron chi connectivity index (χ2n) is 9.53. The number of fused-ring (bicyclic) bond motifs is 2. The number of halogens is 1. The lowest BCUT2D eigenvalue weighted by Gasteiger charge is -2.26. The third-order valence-corrected chi connectivity index (χ3v) is 5.84. The zero-order valence-electron chi connectivity index (χ0n) is 19.7. The Balaban J connectivity index is 1.91. The van der Waals surface area contributed by atoms with E-state index in [9.17, 15) is 14.7 Å². The van der Waals surface area contributed by atoms with E-state index in [-0.39, 0.29) is 16.9 Å². The summed E-state index contributed by atoms with van der Waals surface area (Å²) >= 11 is 6.12. The van der Waals surface area contributed by atoms with Crippen molar-refractivity contribution in [2.24, 2.45) is 11.8 Å². The van der Waals surface area contributed by atoms with Gasteiger partial charge in [-0.25, -0.2) is 9.59 Å². The van der Waals surface area contributed by atoms with E-state index >= 15 is 0 Å². The fraction of sp³-hybridized carbons (Fsp3) is 0.333. The molecule has 2 heterocycles. The monoisotopic (exact) mass is 481 g/mol. The highest BCUT2D eigenvalue weighted by atomic mass is 35.5. The zero-order chi connectivity index (χ0) is 24.6. The van der Waals surface area contributed by atoms with Crippen LogP contribution in [-0.4, -0.2) is 23.1 Å². The van der Waals surface area contributed by atoms with Crippen molar-refractivity contribution in [3.8, 4) is 16.9 Å². The summed E-state index contributed by atoms with van der Waals surface area (Å²) in [6.45, 7) is 10.6. The molecule has 7 heteroatoms. The number of aromatic hydroxyl groups is 1. The molecule has 4 aromatic rings. The maximum absolute atomic E-state index is 12.9. The van der Waals surface area contributed by atoms with Crippen molar-refractivity contribution in [3.05, 3.63) is 73.9 Å². The first-order chi connectivity index (χ1) is 16.1. The molecular formula is C27H28ClNO5. The molecule has 178 valence electrons. The second kappa shape index (κ2) is 9.65. The SMILES string of the molecule is CC(C)CN(Cc1c(O)ccc2c(-c3cc4cc(Cl)ccc4oc3=O)cc(=O)oc12)CC(C)C. The number of rotatable bonds is 7. The van der Waals surface area contributed by atoms with E-state index in [0.717, 1.165) is 13.1 Å². The number of phenols is 1. The first kappa shape index (κ1) is 24.0. The Hall–Kier alpha value is -3.09.